The maximum Gasteiger partial charge on any atom is 0.433 e. The standard InChI is InChI=1S/C26H27F4N3O4S/c1-15-5-9-22(37-3)20(11-15)24-19(8-10-23(33-24)26(28,29)30)13-31-25(34)16(2)17-6-7-18(21(27)12-17)14-32-38(4,35)36/h5-12,16,32H,13-14H2,1-4H3,(H,31,34). The maximum absolute atomic E-state index is 14.5. The molecule has 1 heterocycles. The van der Waals surface area contributed by atoms with Crippen LogP contribution in [0.5, 0.6) is 5.75 Å². The molecule has 0 radical (unpaired) electrons. The summed E-state index contributed by atoms with van der Waals surface area (Å²) in [5.74, 6) is -1.65. The zero-order valence-corrected chi connectivity index (χ0v) is 21.9. The Kier molecular flexibility index (Phi) is 8.78. The second kappa shape index (κ2) is 11.5. The van der Waals surface area contributed by atoms with E-state index >= 15 is 0 Å². The van der Waals surface area contributed by atoms with Gasteiger partial charge in [-0.1, -0.05) is 29.8 Å². The minimum atomic E-state index is -4.67. The predicted molar refractivity (Wildman–Crippen MR) is 134 cm³/mol. The lowest BCUT2D eigenvalue weighted by Gasteiger charge is -2.17. The fourth-order valence-corrected chi connectivity index (χ4v) is 4.12. The van der Waals surface area contributed by atoms with E-state index in [1.807, 2.05) is 0 Å². The van der Waals surface area contributed by atoms with Crippen LogP contribution in [0, 0.1) is 12.7 Å². The molecule has 0 bridgehead atoms. The van der Waals surface area contributed by atoms with E-state index in [2.05, 4.69) is 15.0 Å². The van der Waals surface area contributed by atoms with Gasteiger partial charge in [0.05, 0.1) is 25.0 Å². The number of carbonyl (C=O) groups excluding carboxylic acids is 1. The first-order valence-corrected chi connectivity index (χ1v) is 13.3. The fraction of sp³-hybridized carbons (Fsp3) is 0.308. The number of halogens is 4. The smallest absolute Gasteiger partial charge is 0.433 e. The number of nitrogens with one attached hydrogen (secondary N) is 2. The zero-order chi connectivity index (χ0) is 28.3. The average Bonchev–Trinajstić information content (AvgIpc) is 2.84. The molecular weight excluding hydrogens is 526 g/mol. The zero-order valence-electron chi connectivity index (χ0n) is 21.1. The number of pyridine rings is 1. The summed E-state index contributed by atoms with van der Waals surface area (Å²) in [7, 11) is -2.12. The Hall–Kier alpha value is -3.51. The number of aryl methyl sites for hydroxylation is 1. The largest absolute Gasteiger partial charge is 0.496 e. The summed E-state index contributed by atoms with van der Waals surface area (Å²) >= 11 is 0. The van der Waals surface area contributed by atoms with Crippen LogP contribution in [-0.4, -0.2) is 32.7 Å². The third-order valence-corrected chi connectivity index (χ3v) is 6.50. The Balaban J connectivity index is 1.85. The summed E-state index contributed by atoms with van der Waals surface area (Å²) in [6, 6.07) is 11.2. The molecule has 38 heavy (non-hydrogen) atoms. The summed E-state index contributed by atoms with van der Waals surface area (Å²) in [5, 5.41) is 2.68. The van der Waals surface area contributed by atoms with E-state index in [1.165, 1.54) is 25.3 Å². The highest BCUT2D eigenvalue weighted by atomic mass is 32.2. The Labute approximate surface area is 218 Å². The van der Waals surface area contributed by atoms with Crippen molar-refractivity contribution in [1.82, 2.24) is 15.0 Å². The van der Waals surface area contributed by atoms with Crippen LogP contribution in [0.4, 0.5) is 17.6 Å². The summed E-state index contributed by atoms with van der Waals surface area (Å²) in [6.07, 6.45) is -3.71. The first-order chi connectivity index (χ1) is 17.7. The molecule has 0 aliphatic carbocycles. The van der Waals surface area contributed by atoms with Crippen molar-refractivity contribution in [3.8, 4) is 17.0 Å². The summed E-state index contributed by atoms with van der Waals surface area (Å²) < 4.78 is 84.8. The number of aromatic nitrogens is 1. The number of benzene rings is 2. The highest BCUT2D eigenvalue weighted by Gasteiger charge is 2.33. The van der Waals surface area contributed by atoms with E-state index < -0.39 is 39.5 Å². The number of hydrogen-bond acceptors (Lipinski definition) is 5. The van der Waals surface area contributed by atoms with Crippen molar-refractivity contribution < 1.29 is 35.5 Å². The van der Waals surface area contributed by atoms with Gasteiger partial charge in [0, 0.05) is 24.2 Å². The Bertz CT molecular complexity index is 1440. The summed E-state index contributed by atoms with van der Waals surface area (Å²) in [6.45, 7) is 2.95. The van der Waals surface area contributed by atoms with Gasteiger partial charge in [0.2, 0.25) is 15.9 Å². The van der Waals surface area contributed by atoms with E-state index in [9.17, 15) is 30.8 Å². The van der Waals surface area contributed by atoms with Crippen molar-refractivity contribution in [3.05, 3.63) is 82.3 Å². The molecule has 1 atom stereocenters. The average molecular weight is 554 g/mol. The fourth-order valence-electron chi connectivity index (χ4n) is 3.70. The van der Waals surface area contributed by atoms with Crippen LogP contribution in [0.2, 0.25) is 0 Å². The number of carbonyl (C=O) groups is 1. The number of alkyl halides is 3. The minimum Gasteiger partial charge on any atom is -0.496 e. The molecule has 2 aromatic carbocycles. The summed E-state index contributed by atoms with van der Waals surface area (Å²) in [4.78, 5) is 16.7. The van der Waals surface area contributed by atoms with Gasteiger partial charge in [-0.05, 0) is 49.2 Å². The lowest BCUT2D eigenvalue weighted by atomic mass is 9.98. The van der Waals surface area contributed by atoms with Crippen LogP contribution < -0.4 is 14.8 Å². The van der Waals surface area contributed by atoms with E-state index in [0.29, 0.717) is 22.4 Å². The van der Waals surface area contributed by atoms with Crippen LogP contribution in [-0.2, 0) is 34.1 Å². The van der Waals surface area contributed by atoms with Crippen LogP contribution >= 0.6 is 0 Å². The third kappa shape index (κ3) is 7.29. The van der Waals surface area contributed by atoms with Gasteiger partial charge in [0.15, 0.2) is 0 Å². The number of hydrogen-bond donors (Lipinski definition) is 2. The molecule has 0 spiro atoms. The third-order valence-electron chi connectivity index (χ3n) is 5.83. The van der Waals surface area contributed by atoms with E-state index in [0.717, 1.165) is 24.0 Å². The molecule has 0 saturated carbocycles. The highest BCUT2D eigenvalue weighted by Crippen LogP contribution is 2.35. The molecule has 1 amide bonds. The number of ether oxygens (including phenoxy) is 1. The molecule has 1 unspecified atom stereocenters. The van der Waals surface area contributed by atoms with Crippen molar-refractivity contribution >= 4 is 15.9 Å². The number of sulfonamides is 1. The van der Waals surface area contributed by atoms with Gasteiger partial charge in [-0.2, -0.15) is 13.2 Å². The molecule has 0 aliphatic heterocycles. The van der Waals surface area contributed by atoms with Crippen molar-refractivity contribution in [3.63, 3.8) is 0 Å². The van der Waals surface area contributed by atoms with Gasteiger partial charge >= 0.3 is 6.18 Å². The molecular formula is C26H27F4N3O4S. The van der Waals surface area contributed by atoms with Gasteiger partial charge in [-0.15, -0.1) is 0 Å². The molecule has 204 valence electrons. The molecule has 0 aliphatic rings. The molecule has 1 aromatic heterocycles. The van der Waals surface area contributed by atoms with E-state index in [4.69, 9.17) is 4.74 Å². The van der Waals surface area contributed by atoms with Crippen LogP contribution in [0.3, 0.4) is 0 Å². The van der Waals surface area contributed by atoms with Crippen molar-refractivity contribution in [2.75, 3.05) is 13.4 Å². The van der Waals surface area contributed by atoms with Gasteiger partial charge in [0.25, 0.3) is 0 Å². The number of amides is 1. The van der Waals surface area contributed by atoms with Gasteiger partial charge in [-0.25, -0.2) is 22.5 Å². The van der Waals surface area contributed by atoms with E-state index in [1.54, 1.807) is 32.0 Å². The molecule has 0 saturated heterocycles. The highest BCUT2D eigenvalue weighted by molar-refractivity contribution is 7.88. The number of rotatable bonds is 9. The molecule has 7 nitrogen and oxygen atoms in total. The van der Waals surface area contributed by atoms with Gasteiger partial charge in [-0.3, -0.25) is 4.79 Å². The van der Waals surface area contributed by atoms with Crippen molar-refractivity contribution in [1.29, 1.82) is 0 Å². The molecule has 12 heteroatoms. The minimum absolute atomic E-state index is 0.0158. The lowest BCUT2D eigenvalue weighted by molar-refractivity contribution is -0.141. The Morgan fingerprint density at radius 2 is 1.74 bits per heavy atom. The van der Waals surface area contributed by atoms with Crippen molar-refractivity contribution in [2.24, 2.45) is 0 Å². The second-order valence-electron chi connectivity index (χ2n) is 8.79. The van der Waals surface area contributed by atoms with Gasteiger partial charge in [0.1, 0.15) is 17.3 Å². The molecule has 3 aromatic rings. The maximum atomic E-state index is 14.5. The summed E-state index contributed by atoms with van der Waals surface area (Å²) in [5.41, 5.74) is 0.837. The van der Waals surface area contributed by atoms with Crippen LogP contribution in [0.1, 0.15) is 40.8 Å². The van der Waals surface area contributed by atoms with Crippen LogP contribution in [0.25, 0.3) is 11.3 Å². The SMILES string of the molecule is COc1ccc(C)cc1-c1nc(C(F)(F)F)ccc1CNC(=O)C(C)c1ccc(CNS(C)(=O)=O)c(F)c1. The monoisotopic (exact) mass is 553 g/mol. The second-order valence-corrected chi connectivity index (χ2v) is 10.6. The normalized spacial score (nSPS) is 12.7. The number of nitrogens with zero attached hydrogens (tertiary/aromatic N) is 1. The van der Waals surface area contributed by atoms with Gasteiger partial charge < -0.3 is 10.1 Å². The predicted octanol–water partition coefficient (Wildman–Crippen LogP) is 4.69. The molecule has 3 rings (SSSR count). The van der Waals surface area contributed by atoms with E-state index in [-0.39, 0.29) is 24.3 Å². The Morgan fingerprint density at radius 1 is 1.05 bits per heavy atom. The van der Waals surface area contributed by atoms with Crippen molar-refractivity contribution in [2.45, 2.75) is 39.0 Å². The topological polar surface area (TPSA) is 97.4 Å². The lowest BCUT2D eigenvalue weighted by Crippen LogP contribution is -2.28. The molecule has 2 N–H and O–H groups in total. The number of methoxy groups -OCH3 is 1. The first-order valence-electron chi connectivity index (χ1n) is 11.4. The first kappa shape index (κ1) is 29.1. The Morgan fingerprint density at radius 3 is 2.34 bits per heavy atom. The molecule has 0 fully saturated rings. The van der Waals surface area contributed by atoms with Crippen LogP contribution in [0.15, 0.2) is 48.5 Å². The quantitative estimate of drug-likeness (QED) is 0.375.